The summed E-state index contributed by atoms with van der Waals surface area (Å²) >= 11 is 0. The van der Waals surface area contributed by atoms with E-state index in [9.17, 15) is 4.39 Å². The second kappa shape index (κ2) is 3.12. The van der Waals surface area contributed by atoms with Crippen LogP contribution >= 0.6 is 0 Å². The van der Waals surface area contributed by atoms with E-state index in [1.54, 1.807) is 0 Å². The fourth-order valence-corrected chi connectivity index (χ4v) is 1.93. The Balaban J connectivity index is 2.56. The molecule has 0 saturated heterocycles. The van der Waals surface area contributed by atoms with Crippen LogP contribution in [0.3, 0.4) is 0 Å². The molecule has 1 aliphatic rings. The van der Waals surface area contributed by atoms with Crippen LogP contribution in [0.1, 0.15) is 17.5 Å². The van der Waals surface area contributed by atoms with Crippen molar-refractivity contribution in [3.8, 4) is 0 Å². The van der Waals surface area contributed by atoms with Gasteiger partial charge in [0, 0.05) is 0 Å². The zero-order valence-electron chi connectivity index (χ0n) is 7.13. The van der Waals surface area contributed by atoms with Gasteiger partial charge in [-0.3, -0.25) is 0 Å². The topological polar surface area (TPSA) is 40.5 Å². The smallest absolute Gasteiger partial charge is 0.423 e. The third-order valence-electron chi connectivity index (χ3n) is 2.54. The predicted molar refractivity (Wildman–Crippen MR) is 48.3 cm³/mol. The van der Waals surface area contributed by atoms with Gasteiger partial charge in [0.25, 0.3) is 0 Å². The van der Waals surface area contributed by atoms with Crippen LogP contribution in [0.2, 0.25) is 0 Å². The molecule has 1 aromatic carbocycles. The molecule has 4 heteroatoms. The summed E-state index contributed by atoms with van der Waals surface area (Å²) in [5.74, 6) is -0.225. The molecule has 0 aliphatic heterocycles. The molecule has 1 aromatic rings. The maximum Gasteiger partial charge on any atom is 0.488 e. The van der Waals surface area contributed by atoms with Crippen LogP contribution in [0.4, 0.5) is 4.39 Å². The van der Waals surface area contributed by atoms with E-state index in [-0.39, 0.29) is 5.82 Å². The highest BCUT2D eigenvalue weighted by molar-refractivity contribution is 6.59. The van der Waals surface area contributed by atoms with Gasteiger partial charge in [-0.2, -0.15) is 0 Å². The first-order valence-electron chi connectivity index (χ1n) is 4.36. The molecule has 0 aromatic heterocycles. The minimum absolute atomic E-state index is 0.225. The Morgan fingerprint density at radius 1 is 1.15 bits per heavy atom. The van der Waals surface area contributed by atoms with Gasteiger partial charge in [0.05, 0.1) is 0 Å². The lowest BCUT2D eigenvalue weighted by atomic mass is 9.76. The summed E-state index contributed by atoms with van der Waals surface area (Å²) in [7, 11) is -1.48. The first kappa shape index (κ1) is 8.72. The SMILES string of the molecule is OB(O)c1ccc(F)c2c1CCC2. The lowest BCUT2D eigenvalue weighted by molar-refractivity contribution is 0.425. The number of hydrogen-bond acceptors (Lipinski definition) is 2. The van der Waals surface area contributed by atoms with Gasteiger partial charge >= 0.3 is 7.12 Å². The van der Waals surface area contributed by atoms with Gasteiger partial charge in [-0.05, 0) is 41.9 Å². The minimum atomic E-state index is -1.48. The van der Waals surface area contributed by atoms with Crippen LogP contribution < -0.4 is 5.46 Å². The van der Waals surface area contributed by atoms with Crippen LogP contribution in [-0.4, -0.2) is 17.2 Å². The molecule has 0 spiro atoms. The van der Waals surface area contributed by atoms with Crippen molar-refractivity contribution in [2.24, 2.45) is 0 Å². The van der Waals surface area contributed by atoms with Crippen LogP contribution in [0.25, 0.3) is 0 Å². The molecule has 0 fully saturated rings. The largest absolute Gasteiger partial charge is 0.488 e. The summed E-state index contributed by atoms with van der Waals surface area (Å²) in [4.78, 5) is 0. The monoisotopic (exact) mass is 180 g/mol. The van der Waals surface area contributed by atoms with Crippen molar-refractivity contribution in [2.45, 2.75) is 19.3 Å². The fraction of sp³-hybridized carbons (Fsp3) is 0.333. The Kier molecular flexibility index (Phi) is 2.10. The highest BCUT2D eigenvalue weighted by Crippen LogP contribution is 2.22. The Morgan fingerprint density at radius 3 is 2.54 bits per heavy atom. The number of hydrogen-bond donors (Lipinski definition) is 2. The summed E-state index contributed by atoms with van der Waals surface area (Å²) in [6.45, 7) is 0. The molecular formula is C9H10BFO2. The van der Waals surface area contributed by atoms with E-state index in [2.05, 4.69) is 0 Å². The third-order valence-corrected chi connectivity index (χ3v) is 2.54. The molecule has 2 N–H and O–H groups in total. The van der Waals surface area contributed by atoms with Crippen molar-refractivity contribution in [2.75, 3.05) is 0 Å². The molecule has 0 bridgehead atoms. The molecule has 0 radical (unpaired) electrons. The minimum Gasteiger partial charge on any atom is -0.423 e. The summed E-state index contributed by atoms with van der Waals surface area (Å²) in [5, 5.41) is 18.0. The number of halogens is 1. The zero-order valence-corrected chi connectivity index (χ0v) is 7.13. The van der Waals surface area contributed by atoms with Gasteiger partial charge in [0.2, 0.25) is 0 Å². The summed E-state index contributed by atoms with van der Waals surface area (Å²) in [6.07, 6.45) is 2.36. The van der Waals surface area contributed by atoms with Gasteiger partial charge in [-0.25, -0.2) is 4.39 Å². The van der Waals surface area contributed by atoms with Gasteiger partial charge in [-0.15, -0.1) is 0 Å². The molecular weight excluding hydrogens is 170 g/mol. The molecule has 0 saturated carbocycles. The molecule has 1 aliphatic carbocycles. The van der Waals surface area contributed by atoms with Crippen molar-refractivity contribution in [1.29, 1.82) is 0 Å². The highest BCUT2D eigenvalue weighted by Gasteiger charge is 2.23. The Morgan fingerprint density at radius 2 is 1.85 bits per heavy atom. The lowest BCUT2D eigenvalue weighted by Crippen LogP contribution is -2.33. The quantitative estimate of drug-likeness (QED) is 0.597. The first-order chi connectivity index (χ1) is 6.20. The Labute approximate surface area is 76.2 Å². The van der Waals surface area contributed by atoms with Crippen LogP contribution in [0.15, 0.2) is 12.1 Å². The summed E-state index contributed by atoms with van der Waals surface area (Å²) in [5.41, 5.74) is 1.90. The standard InChI is InChI=1S/C9H10BFO2/c11-9-5-4-8(10(12)13)6-2-1-3-7(6)9/h4-5,12-13H,1-3H2. The van der Waals surface area contributed by atoms with E-state index in [1.165, 1.54) is 12.1 Å². The number of rotatable bonds is 1. The van der Waals surface area contributed by atoms with Crippen molar-refractivity contribution in [3.63, 3.8) is 0 Å². The molecule has 2 rings (SSSR count). The summed E-state index contributed by atoms with van der Waals surface area (Å²) < 4.78 is 13.2. The van der Waals surface area contributed by atoms with Crippen LogP contribution in [0.5, 0.6) is 0 Å². The van der Waals surface area contributed by atoms with Crippen LogP contribution in [0, 0.1) is 5.82 Å². The normalized spacial score (nSPS) is 14.4. The Hall–Kier alpha value is -0.865. The van der Waals surface area contributed by atoms with Gasteiger partial charge < -0.3 is 10.0 Å². The van der Waals surface area contributed by atoms with Gasteiger partial charge in [-0.1, -0.05) is 6.07 Å². The molecule has 0 heterocycles. The van der Waals surface area contributed by atoms with E-state index in [4.69, 9.17) is 10.0 Å². The highest BCUT2D eigenvalue weighted by atomic mass is 19.1. The number of fused-ring (bicyclic) bond motifs is 1. The lowest BCUT2D eigenvalue weighted by Gasteiger charge is -2.07. The second-order valence-electron chi connectivity index (χ2n) is 3.32. The predicted octanol–water partition coefficient (Wildman–Crippen LogP) is -0.00580. The van der Waals surface area contributed by atoms with E-state index in [0.717, 1.165) is 18.4 Å². The molecule has 0 amide bonds. The zero-order chi connectivity index (χ0) is 9.42. The van der Waals surface area contributed by atoms with Crippen LogP contribution in [-0.2, 0) is 12.8 Å². The van der Waals surface area contributed by atoms with Gasteiger partial charge in [0.15, 0.2) is 0 Å². The van der Waals surface area contributed by atoms with Crippen molar-refractivity contribution >= 4 is 12.6 Å². The molecule has 0 unspecified atom stereocenters. The van der Waals surface area contributed by atoms with Gasteiger partial charge in [0.1, 0.15) is 5.82 Å². The van der Waals surface area contributed by atoms with E-state index in [1.807, 2.05) is 0 Å². The molecule has 0 atom stereocenters. The number of benzene rings is 1. The van der Waals surface area contributed by atoms with E-state index < -0.39 is 7.12 Å². The maximum absolute atomic E-state index is 13.2. The van der Waals surface area contributed by atoms with Crippen molar-refractivity contribution in [1.82, 2.24) is 0 Å². The Bertz CT molecular complexity index is 339. The van der Waals surface area contributed by atoms with Crippen molar-refractivity contribution in [3.05, 3.63) is 29.1 Å². The molecule has 2 nitrogen and oxygen atoms in total. The average molecular weight is 180 g/mol. The third kappa shape index (κ3) is 1.36. The van der Waals surface area contributed by atoms with E-state index in [0.29, 0.717) is 17.4 Å². The fourth-order valence-electron chi connectivity index (χ4n) is 1.93. The van der Waals surface area contributed by atoms with E-state index >= 15 is 0 Å². The summed E-state index contributed by atoms with van der Waals surface area (Å²) in [6, 6.07) is 2.75. The molecule has 13 heavy (non-hydrogen) atoms. The molecule has 68 valence electrons. The first-order valence-corrected chi connectivity index (χ1v) is 4.36. The maximum atomic E-state index is 13.2. The second-order valence-corrected chi connectivity index (χ2v) is 3.32. The van der Waals surface area contributed by atoms with Crippen molar-refractivity contribution < 1.29 is 14.4 Å². The average Bonchev–Trinajstić information content (AvgIpc) is 2.53.